The van der Waals surface area contributed by atoms with E-state index in [4.69, 9.17) is 14.3 Å². The van der Waals surface area contributed by atoms with E-state index in [0.29, 0.717) is 49.3 Å². The number of amides is 3. The summed E-state index contributed by atoms with van der Waals surface area (Å²) < 4.78 is 12.1. The Morgan fingerprint density at radius 1 is 1.00 bits per heavy atom. The van der Waals surface area contributed by atoms with Crippen LogP contribution < -0.4 is 5.32 Å². The first-order chi connectivity index (χ1) is 15.2. The van der Waals surface area contributed by atoms with Gasteiger partial charge in [-0.15, -0.1) is 5.06 Å². The molecule has 2 aliphatic rings. The molecule has 5 atom stereocenters. The number of hydrogen-bond donors (Lipinski definition) is 1. The molecule has 0 spiro atoms. The molecule has 2 heterocycles. The van der Waals surface area contributed by atoms with Crippen LogP contribution in [0.4, 0.5) is 0 Å². The van der Waals surface area contributed by atoms with Crippen molar-refractivity contribution in [3.8, 4) is 0 Å². The smallest absolute Gasteiger partial charge is 0.333 e. The Bertz CT molecular complexity index is 653. The van der Waals surface area contributed by atoms with Gasteiger partial charge in [-0.2, -0.15) is 0 Å². The Hall–Kier alpha value is -2.00. The molecule has 0 aromatic carbocycles. The summed E-state index contributed by atoms with van der Waals surface area (Å²) >= 11 is 0. The van der Waals surface area contributed by atoms with Gasteiger partial charge >= 0.3 is 5.97 Å². The molecule has 0 radical (unpaired) electrons. The third-order valence-corrected chi connectivity index (χ3v) is 6.50. The van der Waals surface area contributed by atoms with E-state index < -0.39 is 17.8 Å². The average Bonchev–Trinajstić information content (AvgIpc) is 3.08. The molecule has 2 aliphatic heterocycles. The van der Waals surface area contributed by atoms with Crippen molar-refractivity contribution in [2.24, 2.45) is 17.8 Å². The zero-order chi connectivity index (χ0) is 23.7. The van der Waals surface area contributed by atoms with Crippen molar-refractivity contribution in [2.75, 3.05) is 13.2 Å². The predicted octanol–water partition coefficient (Wildman–Crippen LogP) is 2.72. The Morgan fingerprint density at radius 3 is 2.34 bits per heavy atom. The second-order valence-corrected chi connectivity index (χ2v) is 8.90. The van der Waals surface area contributed by atoms with Crippen molar-refractivity contribution in [3.05, 3.63) is 0 Å². The van der Waals surface area contributed by atoms with E-state index in [1.807, 2.05) is 0 Å². The highest BCUT2D eigenvalue weighted by atomic mass is 16.7. The fraction of sp³-hybridized carbons (Fsp3) is 0.826. The van der Waals surface area contributed by atoms with Gasteiger partial charge in [0.05, 0.1) is 6.10 Å². The van der Waals surface area contributed by atoms with E-state index in [0.717, 1.165) is 12.8 Å². The summed E-state index contributed by atoms with van der Waals surface area (Å²) in [5, 5.41) is 3.54. The molecular formula is C23H38N2O7. The number of nitrogens with zero attached hydrogens (tertiary/aromatic N) is 1. The molecule has 1 N–H and O–H groups in total. The van der Waals surface area contributed by atoms with Crippen LogP contribution in [0.3, 0.4) is 0 Å². The van der Waals surface area contributed by atoms with Crippen LogP contribution in [0.5, 0.6) is 0 Å². The van der Waals surface area contributed by atoms with Gasteiger partial charge in [-0.3, -0.25) is 14.4 Å². The van der Waals surface area contributed by atoms with E-state index in [1.165, 1.54) is 0 Å². The number of hydroxylamine groups is 2. The summed E-state index contributed by atoms with van der Waals surface area (Å²) in [5.41, 5.74) is 0. The summed E-state index contributed by atoms with van der Waals surface area (Å²) in [4.78, 5) is 51.6. The highest BCUT2D eigenvalue weighted by molar-refractivity contribution is 6.01. The lowest BCUT2D eigenvalue weighted by Gasteiger charge is -2.43. The number of hydrogen-bond acceptors (Lipinski definition) is 7. The van der Waals surface area contributed by atoms with Crippen LogP contribution in [0.2, 0.25) is 0 Å². The van der Waals surface area contributed by atoms with Gasteiger partial charge in [-0.1, -0.05) is 34.1 Å². The second kappa shape index (κ2) is 12.9. The zero-order valence-corrected chi connectivity index (χ0v) is 19.8. The van der Waals surface area contributed by atoms with Crippen molar-refractivity contribution in [2.45, 2.75) is 91.5 Å². The number of nitrogens with one attached hydrogen (secondary N) is 1. The molecule has 3 amide bonds. The molecular weight excluding hydrogens is 416 g/mol. The minimum Gasteiger partial charge on any atom is -0.353 e. The van der Waals surface area contributed by atoms with Crippen molar-refractivity contribution in [1.29, 1.82) is 0 Å². The number of rotatable bonds is 12. The number of imide groups is 1. The van der Waals surface area contributed by atoms with Crippen LogP contribution in [-0.4, -0.2) is 54.3 Å². The highest BCUT2D eigenvalue weighted by Crippen LogP contribution is 2.35. The molecule has 9 nitrogen and oxygen atoms in total. The molecule has 0 saturated carbocycles. The van der Waals surface area contributed by atoms with Crippen LogP contribution in [0, 0.1) is 17.8 Å². The number of unbranched alkanes of at least 4 members (excludes halogenated alkanes) is 2. The first-order valence-corrected chi connectivity index (χ1v) is 11.8. The van der Waals surface area contributed by atoms with E-state index in [1.54, 1.807) is 0 Å². The first-order valence-electron chi connectivity index (χ1n) is 11.8. The third kappa shape index (κ3) is 7.55. The van der Waals surface area contributed by atoms with E-state index in [2.05, 4.69) is 33.0 Å². The molecule has 0 aliphatic carbocycles. The van der Waals surface area contributed by atoms with Gasteiger partial charge < -0.3 is 19.6 Å². The molecule has 0 bridgehead atoms. The first kappa shape index (κ1) is 26.3. The SMILES string of the molecule is CCCCC(=O)NCC1OC(OCCCCC(=O)ON2C(=O)CCC2=O)C(C)C(C)C1C. The van der Waals surface area contributed by atoms with E-state index >= 15 is 0 Å². The predicted molar refractivity (Wildman–Crippen MR) is 116 cm³/mol. The Morgan fingerprint density at radius 2 is 1.69 bits per heavy atom. The minimum atomic E-state index is -0.600. The average molecular weight is 455 g/mol. The normalized spacial score (nSPS) is 28.1. The topological polar surface area (TPSA) is 111 Å². The van der Waals surface area contributed by atoms with Gasteiger partial charge in [0.25, 0.3) is 11.8 Å². The van der Waals surface area contributed by atoms with Crippen LogP contribution >= 0.6 is 0 Å². The molecule has 5 unspecified atom stereocenters. The zero-order valence-electron chi connectivity index (χ0n) is 19.8. The third-order valence-electron chi connectivity index (χ3n) is 6.50. The molecule has 2 saturated heterocycles. The molecule has 0 aromatic rings. The minimum absolute atomic E-state index is 0.0515. The van der Waals surface area contributed by atoms with Crippen molar-refractivity contribution in [1.82, 2.24) is 10.4 Å². The van der Waals surface area contributed by atoms with Gasteiger partial charge in [0.2, 0.25) is 5.91 Å². The number of carbonyl (C=O) groups is 4. The van der Waals surface area contributed by atoms with E-state index in [-0.39, 0.29) is 43.5 Å². The number of ether oxygens (including phenoxy) is 2. The fourth-order valence-corrected chi connectivity index (χ4v) is 3.93. The van der Waals surface area contributed by atoms with Gasteiger partial charge in [0.1, 0.15) is 0 Å². The Kier molecular flexibility index (Phi) is 10.6. The Labute approximate surface area is 190 Å². The molecule has 2 rings (SSSR count). The molecule has 182 valence electrons. The maximum absolute atomic E-state index is 11.9. The summed E-state index contributed by atoms with van der Waals surface area (Å²) in [5.74, 6) is -0.634. The maximum atomic E-state index is 11.9. The van der Waals surface area contributed by atoms with Crippen LogP contribution in [0.15, 0.2) is 0 Å². The van der Waals surface area contributed by atoms with Crippen molar-refractivity contribution in [3.63, 3.8) is 0 Å². The van der Waals surface area contributed by atoms with Gasteiger partial charge in [0.15, 0.2) is 6.29 Å². The van der Waals surface area contributed by atoms with Crippen molar-refractivity contribution < 1.29 is 33.5 Å². The lowest BCUT2D eigenvalue weighted by atomic mass is 9.79. The maximum Gasteiger partial charge on any atom is 0.333 e. The second-order valence-electron chi connectivity index (χ2n) is 8.90. The summed E-state index contributed by atoms with van der Waals surface area (Å²) in [6, 6.07) is 0. The largest absolute Gasteiger partial charge is 0.353 e. The number of carbonyl (C=O) groups excluding carboxylic acids is 4. The van der Waals surface area contributed by atoms with Crippen LogP contribution in [0.25, 0.3) is 0 Å². The quantitative estimate of drug-likeness (QED) is 0.356. The van der Waals surface area contributed by atoms with Gasteiger partial charge in [-0.05, 0) is 31.1 Å². The molecule has 0 aromatic heterocycles. The lowest BCUT2D eigenvalue weighted by Crippen LogP contribution is -2.50. The summed E-state index contributed by atoms with van der Waals surface area (Å²) in [6.45, 7) is 9.37. The highest BCUT2D eigenvalue weighted by Gasteiger charge is 2.39. The summed E-state index contributed by atoms with van der Waals surface area (Å²) in [6.07, 6.45) is 3.32. The lowest BCUT2D eigenvalue weighted by molar-refractivity contribution is -0.246. The van der Waals surface area contributed by atoms with Gasteiger partial charge in [0, 0.05) is 44.8 Å². The van der Waals surface area contributed by atoms with Crippen LogP contribution in [0.1, 0.15) is 79.1 Å². The van der Waals surface area contributed by atoms with Gasteiger partial charge in [-0.25, -0.2) is 4.79 Å². The van der Waals surface area contributed by atoms with E-state index in [9.17, 15) is 19.2 Å². The Balaban J connectivity index is 1.69. The molecule has 9 heteroatoms. The molecule has 2 fully saturated rings. The summed E-state index contributed by atoms with van der Waals surface area (Å²) in [7, 11) is 0. The van der Waals surface area contributed by atoms with Crippen LogP contribution in [-0.2, 0) is 33.5 Å². The monoisotopic (exact) mass is 454 g/mol. The van der Waals surface area contributed by atoms with Crippen molar-refractivity contribution >= 4 is 23.7 Å². The molecule has 32 heavy (non-hydrogen) atoms. The standard InChI is InChI=1S/C23H38N2O7/c1-5-6-9-19(26)24-14-18-16(3)15(2)17(4)23(31-18)30-13-8-7-10-22(29)32-25-20(27)11-12-21(25)28/h15-18,23H,5-14H2,1-4H3,(H,24,26). The fourth-order valence-electron chi connectivity index (χ4n) is 3.93.